The van der Waals surface area contributed by atoms with E-state index < -0.39 is 0 Å². The Balaban J connectivity index is 2.11. The molecule has 1 atom stereocenters. The van der Waals surface area contributed by atoms with Crippen LogP contribution in [0.5, 0.6) is 0 Å². The van der Waals surface area contributed by atoms with Crippen LogP contribution in [0.15, 0.2) is 48.5 Å². The smallest absolute Gasteiger partial charge is 0.251 e. The van der Waals surface area contributed by atoms with Crippen LogP contribution >= 0.6 is 23.2 Å². The highest BCUT2D eigenvalue weighted by Gasteiger charge is 2.11. The number of halogens is 2. The first kappa shape index (κ1) is 13.9. The molecule has 4 heteroatoms. The molecule has 0 aliphatic rings. The van der Waals surface area contributed by atoms with Gasteiger partial charge in [0.05, 0.1) is 6.04 Å². The molecule has 2 aromatic carbocycles. The minimum absolute atomic E-state index is 0.120. The highest BCUT2D eigenvalue weighted by atomic mass is 35.5. The van der Waals surface area contributed by atoms with E-state index >= 15 is 0 Å². The first-order chi connectivity index (χ1) is 9.06. The zero-order valence-electron chi connectivity index (χ0n) is 10.4. The van der Waals surface area contributed by atoms with Crippen molar-refractivity contribution < 1.29 is 4.79 Å². The maximum atomic E-state index is 12.1. The minimum atomic E-state index is -0.157. The van der Waals surface area contributed by atoms with Crippen LogP contribution in [0.4, 0.5) is 0 Å². The Morgan fingerprint density at radius 3 is 2.32 bits per heavy atom. The van der Waals surface area contributed by atoms with Crippen LogP contribution in [-0.2, 0) is 0 Å². The fraction of sp³-hybridized carbons (Fsp3) is 0.133. The number of hydrogen-bond donors (Lipinski definition) is 1. The van der Waals surface area contributed by atoms with Crippen LogP contribution in [0.1, 0.15) is 28.9 Å². The normalized spacial score (nSPS) is 11.9. The second-order valence-electron chi connectivity index (χ2n) is 4.26. The Morgan fingerprint density at radius 1 is 1.05 bits per heavy atom. The summed E-state index contributed by atoms with van der Waals surface area (Å²) in [5, 5.41) is 4.11. The van der Waals surface area contributed by atoms with Gasteiger partial charge in [-0.25, -0.2) is 0 Å². The quantitative estimate of drug-likeness (QED) is 0.888. The van der Waals surface area contributed by atoms with Crippen molar-refractivity contribution in [1.82, 2.24) is 5.32 Å². The van der Waals surface area contributed by atoms with Crippen LogP contribution in [0.25, 0.3) is 0 Å². The van der Waals surface area contributed by atoms with Crippen molar-refractivity contribution in [3.63, 3.8) is 0 Å². The number of rotatable bonds is 3. The zero-order valence-corrected chi connectivity index (χ0v) is 11.9. The van der Waals surface area contributed by atoms with Crippen molar-refractivity contribution in [2.45, 2.75) is 13.0 Å². The highest BCUT2D eigenvalue weighted by molar-refractivity contribution is 6.31. The molecule has 0 saturated heterocycles. The summed E-state index contributed by atoms with van der Waals surface area (Å²) < 4.78 is 0. The molecule has 2 rings (SSSR count). The maximum Gasteiger partial charge on any atom is 0.251 e. The van der Waals surface area contributed by atoms with E-state index in [1.54, 1.807) is 30.3 Å². The third-order valence-electron chi connectivity index (χ3n) is 2.78. The summed E-state index contributed by atoms with van der Waals surface area (Å²) in [6, 6.07) is 14.2. The van der Waals surface area contributed by atoms with E-state index in [0.717, 1.165) is 5.56 Å². The second-order valence-corrected chi connectivity index (χ2v) is 5.13. The molecular formula is C15H13Cl2NO. The first-order valence-corrected chi connectivity index (χ1v) is 6.64. The minimum Gasteiger partial charge on any atom is -0.346 e. The molecule has 0 radical (unpaired) electrons. The summed E-state index contributed by atoms with van der Waals surface area (Å²) in [6.45, 7) is 1.91. The Labute approximate surface area is 122 Å². The molecule has 0 aliphatic carbocycles. The van der Waals surface area contributed by atoms with Gasteiger partial charge in [-0.15, -0.1) is 0 Å². The van der Waals surface area contributed by atoms with Crippen molar-refractivity contribution in [3.05, 3.63) is 69.7 Å². The zero-order chi connectivity index (χ0) is 13.8. The summed E-state index contributed by atoms with van der Waals surface area (Å²) in [7, 11) is 0. The van der Waals surface area contributed by atoms with E-state index in [1.165, 1.54) is 0 Å². The molecule has 0 unspecified atom stereocenters. The monoisotopic (exact) mass is 293 g/mol. The van der Waals surface area contributed by atoms with Crippen LogP contribution in [-0.4, -0.2) is 5.91 Å². The summed E-state index contributed by atoms with van der Waals surface area (Å²) in [6.07, 6.45) is 0. The van der Waals surface area contributed by atoms with Gasteiger partial charge < -0.3 is 5.32 Å². The maximum absolute atomic E-state index is 12.1. The summed E-state index contributed by atoms with van der Waals surface area (Å²) in [5.74, 6) is -0.157. The molecular weight excluding hydrogens is 281 g/mol. The third kappa shape index (κ3) is 3.72. The van der Waals surface area contributed by atoms with Crippen molar-refractivity contribution in [1.29, 1.82) is 0 Å². The van der Waals surface area contributed by atoms with Gasteiger partial charge in [-0.05, 0) is 42.8 Å². The number of nitrogens with one attached hydrogen (secondary N) is 1. The molecule has 0 fully saturated rings. The molecule has 0 aromatic heterocycles. The van der Waals surface area contributed by atoms with E-state index in [0.29, 0.717) is 15.6 Å². The van der Waals surface area contributed by atoms with E-state index in [1.807, 2.05) is 25.1 Å². The van der Waals surface area contributed by atoms with Gasteiger partial charge in [-0.2, -0.15) is 0 Å². The largest absolute Gasteiger partial charge is 0.346 e. The van der Waals surface area contributed by atoms with Crippen LogP contribution in [0.2, 0.25) is 10.0 Å². The summed E-state index contributed by atoms with van der Waals surface area (Å²) in [5.41, 5.74) is 1.50. The number of hydrogen-bond acceptors (Lipinski definition) is 1. The average molecular weight is 294 g/mol. The van der Waals surface area contributed by atoms with Crippen LogP contribution in [0.3, 0.4) is 0 Å². The number of amides is 1. The molecule has 0 bridgehead atoms. The van der Waals surface area contributed by atoms with Crippen molar-refractivity contribution in [2.24, 2.45) is 0 Å². The Kier molecular flexibility index (Phi) is 4.46. The highest BCUT2D eigenvalue weighted by Crippen LogP contribution is 2.18. The molecule has 2 aromatic rings. The lowest BCUT2D eigenvalue weighted by atomic mass is 10.1. The van der Waals surface area contributed by atoms with Crippen LogP contribution in [0, 0.1) is 0 Å². The van der Waals surface area contributed by atoms with Gasteiger partial charge >= 0.3 is 0 Å². The molecule has 0 saturated carbocycles. The molecule has 2 nitrogen and oxygen atoms in total. The average Bonchev–Trinajstić information content (AvgIpc) is 2.38. The van der Waals surface area contributed by atoms with E-state index in [-0.39, 0.29) is 11.9 Å². The third-order valence-corrected chi connectivity index (χ3v) is 3.25. The summed E-state index contributed by atoms with van der Waals surface area (Å²) in [4.78, 5) is 12.1. The fourth-order valence-corrected chi connectivity index (χ4v) is 2.16. The number of carbonyl (C=O) groups excluding carboxylic acids is 1. The lowest BCUT2D eigenvalue weighted by molar-refractivity contribution is 0.0940. The van der Waals surface area contributed by atoms with Gasteiger partial charge in [0.15, 0.2) is 0 Å². The molecule has 1 amide bonds. The number of carbonyl (C=O) groups is 1. The van der Waals surface area contributed by atoms with Gasteiger partial charge in [0.25, 0.3) is 5.91 Å². The number of benzene rings is 2. The van der Waals surface area contributed by atoms with Gasteiger partial charge in [0.2, 0.25) is 0 Å². The van der Waals surface area contributed by atoms with Crippen molar-refractivity contribution >= 4 is 29.1 Å². The van der Waals surface area contributed by atoms with E-state index in [9.17, 15) is 4.79 Å². The molecule has 0 heterocycles. The molecule has 98 valence electrons. The lowest BCUT2D eigenvalue weighted by Crippen LogP contribution is -2.26. The lowest BCUT2D eigenvalue weighted by Gasteiger charge is -2.14. The van der Waals surface area contributed by atoms with E-state index in [2.05, 4.69) is 5.32 Å². The standard InChI is InChI=1S/C15H13Cl2NO/c1-10(11-4-2-6-13(16)8-11)18-15(19)12-5-3-7-14(17)9-12/h2-10H,1H3,(H,18,19)/t10-/m1/s1. The molecule has 0 aliphatic heterocycles. The molecule has 1 N–H and O–H groups in total. The van der Waals surface area contributed by atoms with Gasteiger partial charge in [0.1, 0.15) is 0 Å². The first-order valence-electron chi connectivity index (χ1n) is 5.88. The van der Waals surface area contributed by atoms with Crippen LogP contribution < -0.4 is 5.32 Å². The van der Waals surface area contributed by atoms with Crippen molar-refractivity contribution in [3.8, 4) is 0 Å². The van der Waals surface area contributed by atoms with Gasteiger partial charge in [-0.1, -0.05) is 41.4 Å². The predicted molar refractivity (Wildman–Crippen MR) is 78.8 cm³/mol. The molecule has 0 spiro atoms. The Bertz CT molecular complexity index is 598. The summed E-state index contributed by atoms with van der Waals surface area (Å²) >= 11 is 11.8. The second kappa shape index (κ2) is 6.09. The van der Waals surface area contributed by atoms with Crippen molar-refractivity contribution in [2.75, 3.05) is 0 Å². The molecule has 19 heavy (non-hydrogen) atoms. The van der Waals surface area contributed by atoms with E-state index in [4.69, 9.17) is 23.2 Å². The Hall–Kier alpha value is -1.51. The van der Waals surface area contributed by atoms with Gasteiger partial charge in [-0.3, -0.25) is 4.79 Å². The van der Waals surface area contributed by atoms with Gasteiger partial charge in [0, 0.05) is 15.6 Å². The SMILES string of the molecule is C[C@@H](NC(=O)c1cccc(Cl)c1)c1cccc(Cl)c1. The Morgan fingerprint density at radius 2 is 1.68 bits per heavy atom. The predicted octanol–water partition coefficient (Wildman–Crippen LogP) is 4.48. The fourth-order valence-electron chi connectivity index (χ4n) is 1.77. The topological polar surface area (TPSA) is 29.1 Å².